The highest BCUT2D eigenvalue weighted by atomic mass is 16.5. The van der Waals surface area contributed by atoms with Gasteiger partial charge in [-0.25, -0.2) is 4.79 Å². The van der Waals surface area contributed by atoms with Crippen LogP contribution in [0.2, 0.25) is 0 Å². The third-order valence-electron chi connectivity index (χ3n) is 5.15. The third-order valence-corrected chi connectivity index (χ3v) is 5.15. The van der Waals surface area contributed by atoms with E-state index in [-0.39, 0.29) is 23.8 Å². The summed E-state index contributed by atoms with van der Waals surface area (Å²) in [6.07, 6.45) is 6.49. The number of likely N-dealkylation sites (tertiary alicyclic amines) is 1. The molecule has 0 spiro atoms. The second kappa shape index (κ2) is 5.14. The maximum absolute atomic E-state index is 12.7. The lowest BCUT2D eigenvalue weighted by atomic mass is 9.87. The average molecular weight is 265 g/mol. The Kier molecular flexibility index (Phi) is 3.50. The first-order valence-electron chi connectivity index (χ1n) is 7.67. The maximum atomic E-state index is 12.7. The Hall–Kier alpha value is -1.06. The maximum Gasteiger partial charge on any atom is 0.328 e. The van der Waals surface area contributed by atoms with E-state index < -0.39 is 0 Å². The summed E-state index contributed by atoms with van der Waals surface area (Å²) < 4.78 is 5.10. The molecular weight excluding hydrogens is 242 g/mol. The van der Waals surface area contributed by atoms with Gasteiger partial charge in [0, 0.05) is 12.5 Å². The Morgan fingerprint density at radius 2 is 2.05 bits per heavy atom. The number of fused-ring (bicyclic) bond motifs is 2. The zero-order valence-corrected chi connectivity index (χ0v) is 11.6. The van der Waals surface area contributed by atoms with Crippen LogP contribution in [0.1, 0.15) is 45.4 Å². The molecule has 2 saturated carbocycles. The van der Waals surface area contributed by atoms with Gasteiger partial charge in [0.25, 0.3) is 0 Å². The minimum atomic E-state index is -0.313. The van der Waals surface area contributed by atoms with E-state index in [1.807, 2.05) is 11.8 Å². The molecular formula is C15H23NO3. The molecule has 3 aliphatic rings. The monoisotopic (exact) mass is 265 g/mol. The first-order valence-corrected chi connectivity index (χ1v) is 7.67. The van der Waals surface area contributed by atoms with Gasteiger partial charge >= 0.3 is 5.97 Å². The molecule has 1 saturated heterocycles. The predicted octanol–water partition coefficient (Wildman–Crippen LogP) is 1.98. The fourth-order valence-electron chi connectivity index (χ4n) is 4.27. The Bertz CT molecular complexity index is 382. The van der Waals surface area contributed by atoms with Crippen LogP contribution in [0.4, 0.5) is 0 Å². The van der Waals surface area contributed by atoms with Gasteiger partial charge in [-0.3, -0.25) is 4.79 Å². The zero-order valence-electron chi connectivity index (χ0n) is 11.6. The fraction of sp³-hybridized carbons (Fsp3) is 0.867. The van der Waals surface area contributed by atoms with Crippen molar-refractivity contribution in [1.29, 1.82) is 0 Å². The van der Waals surface area contributed by atoms with E-state index in [1.54, 1.807) is 0 Å². The molecule has 4 unspecified atom stereocenters. The van der Waals surface area contributed by atoms with Crippen molar-refractivity contribution in [3.05, 3.63) is 0 Å². The molecule has 1 heterocycles. The number of ether oxygens (including phenoxy) is 1. The second-order valence-electron chi connectivity index (χ2n) is 6.22. The van der Waals surface area contributed by atoms with Crippen LogP contribution in [-0.2, 0) is 14.3 Å². The van der Waals surface area contributed by atoms with Crippen molar-refractivity contribution < 1.29 is 14.3 Å². The number of carbonyl (C=O) groups is 2. The lowest BCUT2D eigenvalue weighted by Crippen LogP contribution is -2.45. The highest BCUT2D eigenvalue weighted by molar-refractivity contribution is 5.86. The van der Waals surface area contributed by atoms with E-state index >= 15 is 0 Å². The Morgan fingerprint density at radius 3 is 2.68 bits per heavy atom. The van der Waals surface area contributed by atoms with Gasteiger partial charge in [-0.05, 0) is 50.9 Å². The molecule has 3 fully saturated rings. The normalized spacial score (nSPS) is 36.8. The van der Waals surface area contributed by atoms with Gasteiger partial charge in [0.2, 0.25) is 5.91 Å². The molecule has 4 heteroatoms. The van der Waals surface area contributed by atoms with Crippen LogP contribution in [0.5, 0.6) is 0 Å². The largest absolute Gasteiger partial charge is 0.464 e. The Labute approximate surface area is 114 Å². The quantitative estimate of drug-likeness (QED) is 0.733. The highest BCUT2D eigenvalue weighted by Crippen LogP contribution is 2.49. The molecule has 4 nitrogen and oxygen atoms in total. The van der Waals surface area contributed by atoms with E-state index in [0.717, 1.165) is 31.7 Å². The molecule has 0 aromatic carbocycles. The molecule has 0 radical (unpaired) electrons. The lowest BCUT2D eigenvalue weighted by molar-refractivity contribution is -0.154. The summed E-state index contributed by atoms with van der Waals surface area (Å²) in [5.41, 5.74) is 0. The molecule has 19 heavy (non-hydrogen) atoms. The van der Waals surface area contributed by atoms with Gasteiger partial charge in [-0.15, -0.1) is 0 Å². The zero-order chi connectivity index (χ0) is 13.4. The van der Waals surface area contributed by atoms with Crippen LogP contribution >= 0.6 is 0 Å². The minimum absolute atomic E-state index is 0.189. The number of carbonyl (C=O) groups excluding carboxylic acids is 2. The number of esters is 1. The van der Waals surface area contributed by atoms with E-state index in [4.69, 9.17) is 4.74 Å². The van der Waals surface area contributed by atoms with Crippen molar-refractivity contribution in [2.45, 2.75) is 51.5 Å². The molecule has 4 atom stereocenters. The average Bonchev–Trinajstić information content (AvgIpc) is 3.13. The van der Waals surface area contributed by atoms with E-state index in [2.05, 4.69) is 0 Å². The molecule has 2 aliphatic carbocycles. The molecule has 1 aliphatic heterocycles. The SMILES string of the molecule is CCOC(=O)C1CCCN1C(=O)C1CC2CCC1C2. The molecule has 0 aromatic rings. The fourth-order valence-corrected chi connectivity index (χ4v) is 4.27. The number of amides is 1. The van der Waals surface area contributed by atoms with Crippen LogP contribution in [0, 0.1) is 17.8 Å². The van der Waals surface area contributed by atoms with Gasteiger partial charge in [0.1, 0.15) is 6.04 Å². The first kappa shape index (κ1) is 12.9. The molecule has 1 amide bonds. The summed E-state index contributed by atoms with van der Waals surface area (Å²) in [6, 6.07) is -0.313. The van der Waals surface area contributed by atoms with Crippen LogP contribution in [-0.4, -0.2) is 36.0 Å². The van der Waals surface area contributed by atoms with Crippen molar-refractivity contribution in [3.8, 4) is 0 Å². The van der Waals surface area contributed by atoms with Crippen molar-refractivity contribution in [1.82, 2.24) is 4.90 Å². The van der Waals surface area contributed by atoms with E-state index in [1.165, 1.54) is 19.3 Å². The topological polar surface area (TPSA) is 46.6 Å². The number of nitrogens with zero attached hydrogens (tertiary/aromatic N) is 1. The smallest absolute Gasteiger partial charge is 0.328 e. The van der Waals surface area contributed by atoms with E-state index in [0.29, 0.717) is 12.5 Å². The number of hydrogen-bond donors (Lipinski definition) is 0. The predicted molar refractivity (Wildman–Crippen MR) is 70.3 cm³/mol. The van der Waals surface area contributed by atoms with Gasteiger partial charge < -0.3 is 9.64 Å². The summed E-state index contributed by atoms with van der Waals surface area (Å²) >= 11 is 0. The molecule has 3 rings (SSSR count). The van der Waals surface area contributed by atoms with Crippen molar-refractivity contribution in [2.75, 3.05) is 13.2 Å². The van der Waals surface area contributed by atoms with Gasteiger partial charge in [0.05, 0.1) is 6.61 Å². The van der Waals surface area contributed by atoms with Crippen LogP contribution < -0.4 is 0 Å². The summed E-state index contributed by atoms with van der Waals surface area (Å²) in [5.74, 6) is 1.55. The number of rotatable bonds is 3. The van der Waals surface area contributed by atoms with Gasteiger partial charge in [0.15, 0.2) is 0 Å². The summed E-state index contributed by atoms with van der Waals surface area (Å²) in [6.45, 7) is 2.94. The summed E-state index contributed by atoms with van der Waals surface area (Å²) in [4.78, 5) is 26.4. The van der Waals surface area contributed by atoms with Gasteiger partial charge in [-0.1, -0.05) is 6.42 Å². The molecule has 0 aromatic heterocycles. The van der Waals surface area contributed by atoms with Crippen LogP contribution in [0.15, 0.2) is 0 Å². The first-order chi connectivity index (χ1) is 9.20. The second-order valence-corrected chi connectivity index (χ2v) is 6.22. The van der Waals surface area contributed by atoms with Crippen LogP contribution in [0.25, 0.3) is 0 Å². The van der Waals surface area contributed by atoms with Crippen molar-refractivity contribution >= 4 is 11.9 Å². The van der Waals surface area contributed by atoms with Crippen LogP contribution in [0.3, 0.4) is 0 Å². The molecule has 106 valence electrons. The Balaban J connectivity index is 1.67. The third kappa shape index (κ3) is 2.26. The standard InChI is InChI=1S/C15H23NO3/c1-2-19-15(18)13-4-3-7-16(13)14(17)12-9-10-5-6-11(12)8-10/h10-13H,2-9H2,1H3. The summed E-state index contributed by atoms with van der Waals surface area (Å²) in [7, 11) is 0. The Morgan fingerprint density at radius 1 is 1.21 bits per heavy atom. The molecule has 0 N–H and O–H groups in total. The minimum Gasteiger partial charge on any atom is -0.464 e. The van der Waals surface area contributed by atoms with Gasteiger partial charge in [-0.2, -0.15) is 0 Å². The van der Waals surface area contributed by atoms with Crippen molar-refractivity contribution in [2.24, 2.45) is 17.8 Å². The number of hydrogen-bond acceptors (Lipinski definition) is 3. The molecule has 2 bridgehead atoms. The lowest BCUT2D eigenvalue weighted by Gasteiger charge is -2.29. The van der Waals surface area contributed by atoms with Crippen molar-refractivity contribution in [3.63, 3.8) is 0 Å². The highest BCUT2D eigenvalue weighted by Gasteiger charge is 2.47. The van der Waals surface area contributed by atoms with E-state index in [9.17, 15) is 9.59 Å². The summed E-state index contributed by atoms with van der Waals surface area (Å²) in [5, 5.41) is 0.